The van der Waals surface area contributed by atoms with Crippen molar-refractivity contribution in [3.63, 3.8) is 0 Å². The molecule has 3 aromatic rings. The second-order valence-electron chi connectivity index (χ2n) is 8.39. The highest BCUT2D eigenvalue weighted by molar-refractivity contribution is 7.92. The van der Waals surface area contributed by atoms with Gasteiger partial charge in [0, 0.05) is 31.6 Å². The summed E-state index contributed by atoms with van der Waals surface area (Å²) in [7, 11) is -1.91. The van der Waals surface area contributed by atoms with Gasteiger partial charge >= 0.3 is 0 Å². The maximum Gasteiger partial charge on any atom is 0.246 e. The minimum absolute atomic E-state index is 0.149. The molecule has 11 heteroatoms. The fourth-order valence-electron chi connectivity index (χ4n) is 3.67. The summed E-state index contributed by atoms with van der Waals surface area (Å²) in [6, 6.07) is 12.8. The van der Waals surface area contributed by atoms with Crippen LogP contribution >= 0.6 is 0 Å². The number of hydrogen-bond donors (Lipinski definition) is 0. The molecule has 0 N–H and O–H groups in total. The van der Waals surface area contributed by atoms with Crippen LogP contribution in [0.4, 0.5) is 5.69 Å². The highest BCUT2D eigenvalue weighted by Gasteiger charge is 2.22. The van der Waals surface area contributed by atoms with Crippen molar-refractivity contribution >= 4 is 21.6 Å². The Morgan fingerprint density at radius 2 is 1.77 bits per heavy atom. The van der Waals surface area contributed by atoms with Crippen LogP contribution in [0.1, 0.15) is 24.3 Å². The average Bonchev–Trinajstić information content (AvgIpc) is 3.29. The Hall–Kier alpha value is -3.60. The normalized spacial score (nSPS) is 12.9. The van der Waals surface area contributed by atoms with Crippen molar-refractivity contribution in [1.82, 2.24) is 15.0 Å². The summed E-state index contributed by atoms with van der Waals surface area (Å²) in [5.41, 5.74) is 2.43. The van der Waals surface area contributed by atoms with Gasteiger partial charge in [0.15, 0.2) is 11.5 Å². The Labute approximate surface area is 204 Å². The molecule has 1 aliphatic rings. The Balaban J connectivity index is 1.33. The number of ether oxygens (including phenoxy) is 2. The first-order valence-corrected chi connectivity index (χ1v) is 13.1. The van der Waals surface area contributed by atoms with Gasteiger partial charge in [0.05, 0.1) is 18.5 Å². The molecule has 0 atom stereocenters. The van der Waals surface area contributed by atoms with Crippen LogP contribution in [-0.2, 0) is 21.4 Å². The summed E-state index contributed by atoms with van der Waals surface area (Å²) >= 11 is 0. The van der Waals surface area contributed by atoms with E-state index in [-0.39, 0.29) is 25.4 Å². The van der Waals surface area contributed by atoms with E-state index < -0.39 is 10.0 Å². The van der Waals surface area contributed by atoms with Crippen LogP contribution in [0.2, 0.25) is 0 Å². The number of sulfonamides is 1. The van der Waals surface area contributed by atoms with E-state index in [4.69, 9.17) is 14.0 Å². The molecule has 186 valence electrons. The van der Waals surface area contributed by atoms with Crippen LogP contribution < -0.4 is 13.8 Å². The lowest BCUT2D eigenvalue weighted by atomic mass is 10.1. The fourth-order valence-corrected chi connectivity index (χ4v) is 4.63. The first-order valence-electron chi connectivity index (χ1n) is 11.2. The third kappa shape index (κ3) is 6.10. The van der Waals surface area contributed by atoms with Gasteiger partial charge in [0.25, 0.3) is 0 Å². The van der Waals surface area contributed by atoms with Gasteiger partial charge in [-0.1, -0.05) is 35.0 Å². The van der Waals surface area contributed by atoms with Gasteiger partial charge in [-0.05, 0) is 25.5 Å². The van der Waals surface area contributed by atoms with Crippen LogP contribution in [0.15, 0.2) is 47.0 Å². The van der Waals surface area contributed by atoms with E-state index in [9.17, 15) is 13.2 Å². The minimum Gasteiger partial charge on any atom is -0.486 e. The van der Waals surface area contributed by atoms with E-state index in [0.29, 0.717) is 48.5 Å². The van der Waals surface area contributed by atoms with Crippen LogP contribution in [0.3, 0.4) is 0 Å². The van der Waals surface area contributed by atoms with E-state index in [0.717, 1.165) is 17.4 Å². The molecule has 4 rings (SSSR count). The lowest BCUT2D eigenvalue weighted by Crippen LogP contribution is -2.32. The van der Waals surface area contributed by atoms with Gasteiger partial charge in [-0.3, -0.25) is 9.10 Å². The van der Waals surface area contributed by atoms with E-state index in [1.54, 1.807) is 25.2 Å². The topological polar surface area (TPSA) is 115 Å². The Morgan fingerprint density at radius 3 is 2.49 bits per heavy atom. The van der Waals surface area contributed by atoms with E-state index in [2.05, 4.69) is 10.1 Å². The van der Waals surface area contributed by atoms with Crippen LogP contribution in [0.25, 0.3) is 11.4 Å². The summed E-state index contributed by atoms with van der Waals surface area (Å²) in [6.07, 6.45) is 1.63. The molecule has 2 heterocycles. The SMILES string of the molecule is Cc1ccc(-c2noc(CN(C)C(=O)CCCN(c3ccc4c(c3)OCCO4)S(C)(=O)=O)n2)cc1. The number of amides is 1. The van der Waals surface area contributed by atoms with E-state index >= 15 is 0 Å². The molecule has 2 aromatic carbocycles. The lowest BCUT2D eigenvalue weighted by molar-refractivity contribution is -0.130. The first kappa shape index (κ1) is 24.5. The van der Waals surface area contributed by atoms with Gasteiger partial charge in [-0.25, -0.2) is 8.42 Å². The van der Waals surface area contributed by atoms with Gasteiger partial charge < -0.3 is 18.9 Å². The van der Waals surface area contributed by atoms with Crippen molar-refractivity contribution in [2.24, 2.45) is 0 Å². The Morgan fingerprint density at radius 1 is 1.06 bits per heavy atom. The monoisotopic (exact) mass is 500 g/mol. The van der Waals surface area contributed by atoms with Crippen LogP contribution in [0.5, 0.6) is 11.5 Å². The summed E-state index contributed by atoms with van der Waals surface area (Å²) < 4.78 is 42.5. The summed E-state index contributed by atoms with van der Waals surface area (Å²) in [5.74, 6) is 1.71. The number of carbonyl (C=O) groups is 1. The van der Waals surface area contributed by atoms with Gasteiger partial charge in [-0.2, -0.15) is 4.98 Å². The number of aromatic nitrogens is 2. The van der Waals surface area contributed by atoms with Gasteiger partial charge in [0.1, 0.15) is 13.2 Å². The van der Waals surface area contributed by atoms with Crippen molar-refractivity contribution in [2.45, 2.75) is 26.3 Å². The highest BCUT2D eigenvalue weighted by atomic mass is 32.2. The van der Waals surface area contributed by atoms with Crippen molar-refractivity contribution < 1.29 is 27.2 Å². The van der Waals surface area contributed by atoms with Gasteiger partial charge in [-0.15, -0.1) is 0 Å². The largest absolute Gasteiger partial charge is 0.486 e. The molecule has 35 heavy (non-hydrogen) atoms. The highest BCUT2D eigenvalue weighted by Crippen LogP contribution is 2.34. The zero-order chi connectivity index (χ0) is 25.0. The number of carbonyl (C=O) groups excluding carboxylic acids is 1. The molecule has 0 fully saturated rings. The maximum absolute atomic E-state index is 12.7. The summed E-state index contributed by atoms with van der Waals surface area (Å²) in [5, 5.41) is 3.99. The third-order valence-electron chi connectivity index (χ3n) is 5.54. The fraction of sp³-hybridized carbons (Fsp3) is 0.375. The first-order chi connectivity index (χ1) is 16.7. The Bertz CT molecular complexity index is 1290. The molecule has 0 saturated heterocycles. The van der Waals surface area contributed by atoms with Crippen molar-refractivity contribution in [3.05, 3.63) is 53.9 Å². The molecule has 1 amide bonds. The molecule has 0 radical (unpaired) electrons. The quantitative estimate of drug-likeness (QED) is 0.440. The predicted molar refractivity (Wildman–Crippen MR) is 130 cm³/mol. The number of nitrogens with zero attached hydrogens (tertiary/aromatic N) is 4. The molecule has 0 spiro atoms. The molecular weight excluding hydrogens is 472 g/mol. The number of fused-ring (bicyclic) bond motifs is 1. The second-order valence-corrected chi connectivity index (χ2v) is 10.3. The zero-order valence-electron chi connectivity index (χ0n) is 19.9. The van der Waals surface area contributed by atoms with Crippen molar-refractivity contribution in [3.8, 4) is 22.9 Å². The van der Waals surface area contributed by atoms with E-state index in [1.165, 1.54) is 9.21 Å². The van der Waals surface area contributed by atoms with Crippen molar-refractivity contribution in [1.29, 1.82) is 0 Å². The minimum atomic E-state index is -3.56. The smallest absolute Gasteiger partial charge is 0.246 e. The molecule has 0 aliphatic carbocycles. The number of hydrogen-bond acceptors (Lipinski definition) is 8. The standard InChI is InChI=1S/C24H28N4O6S/c1-17-6-8-18(9-7-17)24-25-22(34-26-24)16-27(2)23(29)5-4-12-28(35(3,30)31)19-10-11-20-21(15-19)33-14-13-32-20/h6-11,15H,4-5,12-14,16H2,1-3H3. The maximum atomic E-state index is 12.7. The second kappa shape index (κ2) is 10.3. The molecule has 1 aliphatic heterocycles. The lowest BCUT2D eigenvalue weighted by Gasteiger charge is -2.25. The number of rotatable bonds is 9. The predicted octanol–water partition coefficient (Wildman–Crippen LogP) is 3.02. The van der Waals surface area contributed by atoms with Gasteiger partial charge in [0.2, 0.25) is 27.6 Å². The molecule has 0 unspecified atom stereocenters. The summed E-state index contributed by atoms with van der Waals surface area (Å²) in [6.45, 7) is 3.17. The third-order valence-corrected chi connectivity index (χ3v) is 6.74. The molecule has 0 bridgehead atoms. The average molecular weight is 501 g/mol. The zero-order valence-corrected chi connectivity index (χ0v) is 20.7. The van der Waals surface area contributed by atoms with Crippen LogP contribution in [-0.4, -0.2) is 62.4 Å². The number of anilines is 1. The van der Waals surface area contributed by atoms with Crippen molar-refractivity contribution in [2.75, 3.05) is 37.4 Å². The summed E-state index contributed by atoms with van der Waals surface area (Å²) in [4.78, 5) is 18.5. The molecule has 10 nitrogen and oxygen atoms in total. The van der Waals surface area contributed by atoms with Crippen LogP contribution in [0, 0.1) is 6.92 Å². The molecular formula is C24H28N4O6S. The Kier molecular flexibility index (Phi) is 7.25. The number of aryl methyl sites for hydroxylation is 1. The molecule has 0 saturated carbocycles. The van der Waals surface area contributed by atoms with E-state index in [1.807, 2.05) is 31.2 Å². The number of benzene rings is 2. The molecule has 1 aromatic heterocycles.